The first kappa shape index (κ1) is 14.2. The van der Waals surface area contributed by atoms with Crippen molar-refractivity contribution in [2.24, 2.45) is 5.73 Å². The second-order valence-corrected chi connectivity index (χ2v) is 4.60. The van der Waals surface area contributed by atoms with E-state index in [1.54, 1.807) is 11.8 Å². The minimum absolute atomic E-state index is 0.174. The summed E-state index contributed by atoms with van der Waals surface area (Å²) >= 11 is 0. The molecular weight excluding hydrogens is 254 g/mol. The molecule has 20 heavy (non-hydrogen) atoms. The van der Waals surface area contributed by atoms with Gasteiger partial charge in [-0.25, -0.2) is 4.98 Å². The maximum atomic E-state index is 12.4. The smallest absolute Gasteiger partial charge is 0.293 e. The number of nitrogens with one attached hydrogen (secondary N) is 1. The first-order valence-electron chi connectivity index (χ1n) is 6.63. The highest BCUT2D eigenvalue weighted by Gasteiger charge is 2.19. The van der Waals surface area contributed by atoms with E-state index in [4.69, 9.17) is 5.73 Å². The van der Waals surface area contributed by atoms with Gasteiger partial charge in [-0.05, 0) is 25.5 Å². The summed E-state index contributed by atoms with van der Waals surface area (Å²) in [5, 5.41) is 6.62. The Morgan fingerprint density at radius 2 is 2.10 bits per heavy atom. The maximum Gasteiger partial charge on any atom is 0.293 e. The molecule has 0 spiro atoms. The summed E-state index contributed by atoms with van der Waals surface area (Å²) in [6.45, 7) is 3.45. The Balaban J connectivity index is 2.12. The highest BCUT2D eigenvalue weighted by Crippen LogP contribution is 2.08. The molecule has 1 heterocycles. The fourth-order valence-corrected chi connectivity index (χ4v) is 1.92. The number of nitrogens with zero attached hydrogens (tertiary/aromatic N) is 3. The first-order valence-corrected chi connectivity index (χ1v) is 6.63. The SMILES string of the molecule is Cc1nc(C(=O)N(CCCN)Cc2ccccc2)n[nH]1. The van der Waals surface area contributed by atoms with E-state index in [0.717, 1.165) is 12.0 Å². The molecule has 0 atom stereocenters. The zero-order valence-corrected chi connectivity index (χ0v) is 11.5. The molecule has 1 amide bonds. The Kier molecular flexibility index (Phi) is 4.84. The molecule has 0 radical (unpaired) electrons. The van der Waals surface area contributed by atoms with E-state index in [-0.39, 0.29) is 11.7 Å². The molecule has 1 aromatic heterocycles. The molecule has 0 aliphatic carbocycles. The molecule has 3 N–H and O–H groups in total. The van der Waals surface area contributed by atoms with Gasteiger partial charge in [0.1, 0.15) is 5.82 Å². The lowest BCUT2D eigenvalue weighted by molar-refractivity contribution is 0.0730. The van der Waals surface area contributed by atoms with Crippen LogP contribution in [0, 0.1) is 6.92 Å². The molecule has 106 valence electrons. The summed E-state index contributed by atoms with van der Waals surface area (Å²) in [5.41, 5.74) is 6.61. The van der Waals surface area contributed by atoms with Crippen molar-refractivity contribution in [1.29, 1.82) is 0 Å². The quantitative estimate of drug-likeness (QED) is 0.825. The Morgan fingerprint density at radius 1 is 1.35 bits per heavy atom. The minimum atomic E-state index is -0.174. The summed E-state index contributed by atoms with van der Waals surface area (Å²) < 4.78 is 0. The van der Waals surface area contributed by atoms with E-state index in [0.29, 0.717) is 25.5 Å². The molecule has 0 bridgehead atoms. The van der Waals surface area contributed by atoms with Crippen molar-refractivity contribution in [3.8, 4) is 0 Å². The minimum Gasteiger partial charge on any atom is -0.331 e. The van der Waals surface area contributed by atoms with Crippen LogP contribution in [0.2, 0.25) is 0 Å². The molecule has 0 fully saturated rings. The number of carbonyl (C=O) groups is 1. The highest BCUT2D eigenvalue weighted by molar-refractivity contribution is 5.90. The topological polar surface area (TPSA) is 87.9 Å². The molecule has 2 aromatic rings. The summed E-state index contributed by atoms with van der Waals surface area (Å²) in [6.07, 6.45) is 0.752. The van der Waals surface area contributed by atoms with Crippen LogP contribution in [-0.2, 0) is 6.54 Å². The third-order valence-corrected chi connectivity index (χ3v) is 2.92. The molecule has 6 heteroatoms. The first-order chi connectivity index (χ1) is 9.70. The van der Waals surface area contributed by atoms with Crippen LogP contribution in [0.25, 0.3) is 0 Å². The lowest BCUT2D eigenvalue weighted by atomic mass is 10.2. The van der Waals surface area contributed by atoms with Crippen molar-refractivity contribution < 1.29 is 4.79 Å². The molecule has 0 aliphatic heterocycles. The van der Waals surface area contributed by atoms with Gasteiger partial charge in [-0.2, -0.15) is 0 Å². The van der Waals surface area contributed by atoms with Crippen molar-refractivity contribution in [3.63, 3.8) is 0 Å². The average molecular weight is 273 g/mol. The van der Waals surface area contributed by atoms with Gasteiger partial charge < -0.3 is 10.6 Å². The van der Waals surface area contributed by atoms with Crippen LogP contribution >= 0.6 is 0 Å². The Labute approximate surface area is 118 Å². The van der Waals surface area contributed by atoms with Gasteiger partial charge in [0, 0.05) is 13.1 Å². The van der Waals surface area contributed by atoms with Crippen LogP contribution in [0.5, 0.6) is 0 Å². The largest absolute Gasteiger partial charge is 0.331 e. The maximum absolute atomic E-state index is 12.4. The Morgan fingerprint density at radius 3 is 2.70 bits per heavy atom. The lowest BCUT2D eigenvalue weighted by Gasteiger charge is -2.21. The normalized spacial score (nSPS) is 10.5. The van der Waals surface area contributed by atoms with Gasteiger partial charge in [0.15, 0.2) is 0 Å². The zero-order valence-electron chi connectivity index (χ0n) is 11.5. The number of hydrogen-bond donors (Lipinski definition) is 2. The van der Waals surface area contributed by atoms with Gasteiger partial charge in [-0.15, -0.1) is 5.10 Å². The second kappa shape index (κ2) is 6.81. The van der Waals surface area contributed by atoms with Crippen LogP contribution < -0.4 is 5.73 Å². The predicted octanol–water partition coefficient (Wildman–Crippen LogP) is 1.10. The molecule has 0 unspecified atom stereocenters. The number of aryl methyl sites for hydroxylation is 1. The number of H-pyrrole nitrogens is 1. The van der Waals surface area contributed by atoms with Crippen LogP contribution in [0.4, 0.5) is 0 Å². The lowest BCUT2D eigenvalue weighted by Crippen LogP contribution is -2.33. The zero-order chi connectivity index (χ0) is 14.4. The summed E-state index contributed by atoms with van der Waals surface area (Å²) in [5.74, 6) is 0.661. The highest BCUT2D eigenvalue weighted by atomic mass is 16.2. The van der Waals surface area contributed by atoms with Crippen LogP contribution in [-0.4, -0.2) is 39.1 Å². The van der Waals surface area contributed by atoms with Gasteiger partial charge in [0.05, 0.1) is 0 Å². The monoisotopic (exact) mass is 273 g/mol. The van der Waals surface area contributed by atoms with Crippen molar-refractivity contribution in [2.75, 3.05) is 13.1 Å². The number of aromatic nitrogens is 3. The third kappa shape index (κ3) is 3.64. The van der Waals surface area contributed by atoms with Crippen LogP contribution in [0.1, 0.15) is 28.4 Å². The number of benzene rings is 1. The average Bonchev–Trinajstić information content (AvgIpc) is 2.90. The number of carbonyl (C=O) groups excluding carboxylic acids is 1. The van der Waals surface area contributed by atoms with Gasteiger partial charge in [-0.3, -0.25) is 9.89 Å². The van der Waals surface area contributed by atoms with Crippen molar-refractivity contribution >= 4 is 5.91 Å². The summed E-state index contributed by atoms with van der Waals surface area (Å²) in [6, 6.07) is 9.85. The van der Waals surface area contributed by atoms with Crippen molar-refractivity contribution in [1.82, 2.24) is 20.1 Å². The molecule has 0 aliphatic rings. The van der Waals surface area contributed by atoms with Gasteiger partial charge in [0.2, 0.25) is 5.82 Å². The number of nitrogens with two attached hydrogens (primary N) is 1. The Bertz CT molecular complexity index is 552. The molecule has 2 rings (SSSR count). The summed E-state index contributed by atoms with van der Waals surface area (Å²) in [7, 11) is 0. The van der Waals surface area contributed by atoms with E-state index >= 15 is 0 Å². The Hall–Kier alpha value is -2.21. The van der Waals surface area contributed by atoms with Gasteiger partial charge >= 0.3 is 0 Å². The van der Waals surface area contributed by atoms with Crippen LogP contribution in [0.15, 0.2) is 30.3 Å². The number of rotatable bonds is 6. The van der Waals surface area contributed by atoms with Crippen LogP contribution in [0.3, 0.4) is 0 Å². The van der Waals surface area contributed by atoms with E-state index < -0.39 is 0 Å². The fraction of sp³-hybridized carbons (Fsp3) is 0.357. The van der Waals surface area contributed by atoms with E-state index in [1.807, 2.05) is 30.3 Å². The third-order valence-electron chi connectivity index (χ3n) is 2.92. The van der Waals surface area contributed by atoms with Gasteiger partial charge in [-0.1, -0.05) is 30.3 Å². The van der Waals surface area contributed by atoms with E-state index in [2.05, 4.69) is 15.2 Å². The van der Waals surface area contributed by atoms with Gasteiger partial charge in [0.25, 0.3) is 5.91 Å². The van der Waals surface area contributed by atoms with Crippen molar-refractivity contribution in [2.45, 2.75) is 19.9 Å². The molecule has 6 nitrogen and oxygen atoms in total. The number of hydrogen-bond acceptors (Lipinski definition) is 4. The molecule has 0 saturated heterocycles. The molecule has 1 aromatic carbocycles. The molecule has 0 saturated carbocycles. The number of aromatic amines is 1. The van der Waals surface area contributed by atoms with Crippen molar-refractivity contribution in [3.05, 3.63) is 47.5 Å². The standard InChI is InChI=1S/C14H19N5O/c1-11-16-13(18-17-11)14(20)19(9-5-8-15)10-12-6-3-2-4-7-12/h2-4,6-7H,5,8-10,15H2,1H3,(H,16,17,18). The van der Waals surface area contributed by atoms with E-state index in [9.17, 15) is 4.79 Å². The van der Waals surface area contributed by atoms with E-state index in [1.165, 1.54) is 0 Å². The molecular formula is C14H19N5O. The fourth-order valence-electron chi connectivity index (χ4n) is 1.92. The number of amides is 1. The summed E-state index contributed by atoms with van der Waals surface area (Å²) in [4.78, 5) is 18.2. The predicted molar refractivity (Wildman–Crippen MR) is 76.0 cm³/mol. The second-order valence-electron chi connectivity index (χ2n) is 4.60.